The van der Waals surface area contributed by atoms with Crippen LogP contribution in [-0.4, -0.2) is 45.6 Å². The van der Waals surface area contributed by atoms with Crippen molar-refractivity contribution in [2.45, 2.75) is 6.67 Å². The molecule has 4 rings (SSSR count). The zero-order chi connectivity index (χ0) is 16.5. The van der Waals surface area contributed by atoms with Gasteiger partial charge in [0.1, 0.15) is 0 Å². The first kappa shape index (κ1) is 15.2. The predicted molar refractivity (Wildman–Crippen MR) is 91.3 cm³/mol. The van der Waals surface area contributed by atoms with Gasteiger partial charge in [-0.25, -0.2) is 14.8 Å². The normalized spacial score (nSPS) is 16.0. The van der Waals surface area contributed by atoms with Gasteiger partial charge in [-0.3, -0.25) is 9.47 Å². The Morgan fingerprint density at radius 3 is 2.62 bits per heavy atom. The first-order chi connectivity index (χ1) is 11.7. The van der Waals surface area contributed by atoms with Crippen LogP contribution in [0.2, 0.25) is 5.02 Å². The molecule has 8 heteroatoms. The van der Waals surface area contributed by atoms with Crippen LogP contribution in [-0.2, 0) is 6.67 Å². The fourth-order valence-corrected chi connectivity index (χ4v) is 3.08. The smallest absolute Gasteiger partial charge is 0.408 e. The molecule has 24 heavy (non-hydrogen) atoms. The highest BCUT2D eigenvalue weighted by atomic mass is 35.5. The number of benzene rings is 1. The van der Waals surface area contributed by atoms with E-state index in [-0.39, 0.29) is 5.76 Å². The average molecular weight is 346 g/mol. The largest absolute Gasteiger partial charge is 0.421 e. The molecule has 2 aromatic heterocycles. The first-order valence-corrected chi connectivity index (χ1v) is 8.12. The van der Waals surface area contributed by atoms with Crippen molar-refractivity contribution in [1.29, 1.82) is 0 Å². The molecule has 0 atom stereocenters. The summed E-state index contributed by atoms with van der Waals surface area (Å²) in [4.78, 5) is 25.0. The molecule has 0 amide bonds. The summed E-state index contributed by atoms with van der Waals surface area (Å²) >= 11 is 5.95. The van der Waals surface area contributed by atoms with E-state index in [1.807, 2.05) is 12.1 Å². The van der Waals surface area contributed by atoms with Crippen LogP contribution >= 0.6 is 11.6 Å². The van der Waals surface area contributed by atoms with E-state index in [1.54, 1.807) is 29.1 Å². The highest BCUT2D eigenvalue weighted by Gasteiger charge is 2.20. The number of fused-ring (bicyclic) bond motifs is 1. The van der Waals surface area contributed by atoms with E-state index in [9.17, 15) is 4.79 Å². The van der Waals surface area contributed by atoms with Crippen LogP contribution in [0.3, 0.4) is 0 Å². The van der Waals surface area contributed by atoms with Crippen molar-refractivity contribution in [2.75, 3.05) is 31.1 Å². The third kappa shape index (κ3) is 2.88. The molecule has 1 saturated heterocycles. The molecule has 1 aromatic carbocycles. The topological polar surface area (TPSA) is 67.4 Å². The molecule has 1 fully saturated rings. The quantitative estimate of drug-likeness (QED) is 0.721. The second-order valence-electron chi connectivity index (χ2n) is 5.70. The summed E-state index contributed by atoms with van der Waals surface area (Å²) < 4.78 is 6.92. The van der Waals surface area contributed by atoms with E-state index in [0.717, 1.165) is 37.6 Å². The van der Waals surface area contributed by atoms with Gasteiger partial charge < -0.3 is 9.32 Å². The molecular formula is C16H16ClN5O2. The number of oxazole rings is 1. The number of piperazine rings is 1. The molecule has 3 heterocycles. The number of aromatic nitrogens is 3. The van der Waals surface area contributed by atoms with Crippen LogP contribution in [0.1, 0.15) is 0 Å². The van der Waals surface area contributed by atoms with E-state index < -0.39 is 0 Å². The van der Waals surface area contributed by atoms with Gasteiger partial charge in [-0.15, -0.1) is 0 Å². The van der Waals surface area contributed by atoms with Gasteiger partial charge in [-0.1, -0.05) is 11.6 Å². The van der Waals surface area contributed by atoms with E-state index in [1.165, 1.54) is 0 Å². The number of halogens is 1. The third-order valence-corrected chi connectivity index (χ3v) is 4.41. The lowest BCUT2D eigenvalue weighted by Gasteiger charge is -2.34. The molecule has 1 aliphatic rings. The summed E-state index contributed by atoms with van der Waals surface area (Å²) in [6.45, 7) is 3.79. The maximum atomic E-state index is 12.1. The minimum Gasteiger partial charge on any atom is -0.408 e. The van der Waals surface area contributed by atoms with Gasteiger partial charge in [0.2, 0.25) is 5.95 Å². The minimum atomic E-state index is -0.360. The van der Waals surface area contributed by atoms with Crippen molar-refractivity contribution >= 4 is 28.6 Å². The number of nitrogens with zero attached hydrogens (tertiary/aromatic N) is 5. The Kier molecular flexibility index (Phi) is 3.95. The van der Waals surface area contributed by atoms with E-state index in [4.69, 9.17) is 16.0 Å². The van der Waals surface area contributed by atoms with E-state index >= 15 is 0 Å². The minimum absolute atomic E-state index is 0.360. The molecule has 0 aliphatic carbocycles. The Bertz CT molecular complexity index is 900. The van der Waals surface area contributed by atoms with Crippen LogP contribution in [0.4, 0.5) is 5.95 Å². The summed E-state index contributed by atoms with van der Waals surface area (Å²) in [6, 6.07) is 7.05. The number of hydrogen-bond donors (Lipinski definition) is 0. The maximum Gasteiger partial charge on any atom is 0.421 e. The highest BCUT2D eigenvalue weighted by molar-refractivity contribution is 6.31. The van der Waals surface area contributed by atoms with E-state index in [2.05, 4.69) is 19.8 Å². The summed E-state index contributed by atoms with van der Waals surface area (Å²) in [7, 11) is 0. The molecule has 0 unspecified atom stereocenters. The fourth-order valence-electron chi connectivity index (χ4n) is 2.92. The van der Waals surface area contributed by atoms with Crippen molar-refractivity contribution in [3.05, 3.63) is 52.2 Å². The van der Waals surface area contributed by atoms with Gasteiger partial charge >= 0.3 is 5.76 Å². The zero-order valence-electron chi connectivity index (χ0n) is 12.9. The van der Waals surface area contributed by atoms with Crippen LogP contribution in [0.5, 0.6) is 0 Å². The van der Waals surface area contributed by atoms with Gasteiger partial charge in [0.05, 0.1) is 12.2 Å². The zero-order valence-corrected chi connectivity index (χ0v) is 13.7. The van der Waals surface area contributed by atoms with Crippen molar-refractivity contribution in [3.63, 3.8) is 0 Å². The number of anilines is 1. The lowest BCUT2D eigenvalue weighted by molar-refractivity contribution is 0.201. The lowest BCUT2D eigenvalue weighted by Crippen LogP contribution is -2.48. The second-order valence-corrected chi connectivity index (χ2v) is 6.14. The van der Waals surface area contributed by atoms with Gasteiger partial charge in [-0.05, 0) is 18.2 Å². The molecule has 3 aromatic rings. The molecule has 1 aliphatic heterocycles. The van der Waals surface area contributed by atoms with Crippen molar-refractivity contribution in [1.82, 2.24) is 19.4 Å². The van der Waals surface area contributed by atoms with Gasteiger partial charge in [-0.2, -0.15) is 0 Å². The molecule has 124 valence electrons. The highest BCUT2D eigenvalue weighted by Crippen LogP contribution is 2.19. The number of rotatable bonds is 3. The van der Waals surface area contributed by atoms with Crippen molar-refractivity contribution < 1.29 is 4.42 Å². The molecule has 7 nitrogen and oxygen atoms in total. The standard InChI is InChI=1S/C16H16ClN5O2/c17-12-2-3-13-14(10-12)24-16(23)22(13)11-20-6-8-21(9-7-20)15-18-4-1-5-19-15/h1-5,10H,6-9,11H2. The molecule has 0 radical (unpaired) electrons. The summed E-state index contributed by atoms with van der Waals surface area (Å²) in [5.74, 6) is 0.388. The van der Waals surface area contributed by atoms with Crippen LogP contribution < -0.4 is 10.7 Å². The van der Waals surface area contributed by atoms with Crippen LogP contribution in [0.15, 0.2) is 45.9 Å². The number of hydrogen-bond acceptors (Lipinski definition) is 6. The fraction of sp³-hybridized carbons (Fsp3) is 0.312. The predicted octanol–water partition coefficient (Wildman–Crippen LogP) is 1.82. The first-order valence-electron chi connectivity index (χ1n) is 7.74. The average Bonchev–Trinajstić information content (AvgIpc) is 2.91. The molecular weight excluding hydrogens is 330 g/mol. The lowest BCUT2D eigenvalue weighted by atomic mass is 10.3. The van der Waals surface area contributed by atoms with Crippen molar-refractivity contribution in [3.8, 4) is 0 Å². The Morgan fingerprint density at radius 2 is 1.88 bits per heavy atom. The van der Waals surface area contributed by atoms with Gasteiger partial charge in [0.15, 0.2) is 5.58 Å². The maximum absolute atomic E-state index is 12.1. The Morgan fingerprint density at radius 1 is 1.12 bits per heavy atom. The Labute approximate surface area is 143 Å². The molecule has 0 bridgehead atoms. The summed E-state index contributed by atoms with van der Waals surface area (Å²) in [5.41, 5.74) is 1.28. The monoisotopic (exact) mass is 345 g/mol. The van der Waals surface area contributed by atoms with Crippen LogP contribution in [0, 0.1) is 0 Å². The Balaban J connectivity index is 1.48. The molecule has 0 spiro atoms. The second kappa shape index (κ2) is 6.26. The summed E-state index contributed by atoms with van der Waals surface area (Å²) in [5, 5.41) is 0.555. The van der Waals surface area contributed by atoms with Crippen molar-refractivity contribution in [2.24, 2.45) is 0 Å². The van der Waals surface area contributed by atoms with E-state index in [0.29, 0.717) is 17.3 Å². The third-order valence-electron chi connectivity index (χ3n) is 4.18. The SMILES string of the molecule is O=c1oc2cc(Cl)ccc2n1CN1CCN(c2ncccn2)CC1. The molecule has 0 saturated carbocycles. The molecule has 0 N–H and O–H groups in total. The summed E-state index contributed by atoms with van der Waals surface area (Å²) in [6.07, 6.45) is 3.49. The van der Waals surface area contributed by atoms with Gasteiger partial charge in [0.25, 0.3) is 0 Å². The van der Waals surface area contributed by atoms with Crippen LogP contribution in [0.25, 0.3) is 11.1 Å². The van der Waals surface area contributed by atoms with Gasteiger partial charge in [0, 0.05) is 49.7 Å². The Hall–Kier alpha value is -2.38.